The van der Waals surface area contributed by atoms with Crippen LogP contribution in [-0.2, 0) is 4.79 Å². The summed E-state index contributed by atoms with van der Waals surface area (Å²) in [6.07, 6.45) is 1.68. The molecule has 0 aromatic heterocycles. The molecule has 0 aliphatic heterocycles. The smallest absolute Gasteiger partial charge is 0.162 e. The summed E-state index contributed by atoms with van der Waals surface area (Å²) in [7, 11) is 0. The van der Waals surface area contributed by atoms with Gasteiger partial charge < -0.3 is 5.32 Å². The normalized spacial score (nSPS) is 13.3. The number of allylic oxidation sites excluding steroid dienone is 2. The zero-order valence-corrected chi connectivity index (χ0v) is 9.56. The molecule has 0 spiro atoms. The number of rotatable bonds is 3. The first-order valence-corrected chi connectivity index (χ1v) is 4.72. The summed E-state index contributed by atoms with van der Waals surface area (Å²) < 4.78 is 0. The standard InChI is InChI=1S/C11H21NO/c1-8(2)12-9(3)7-10(13)11(4,5)6/h7-8,12H,1-6H3/b9-7-. The van der Waals surface area contributed by atoms with Gasteiger partial charge in [0.25, 0.3) is 0 Å². The third-order valence-corrected chi connectivity index (χ3v) is 1.60. The van der Waals surface area contributed by atoms with Gasteiger partial charge in [0.05, 0.1) is 0 Å². The molecule has 0 aromatic carbocycles. The van der Waals surface area contributed by atoms with E-state index in [2.05, 4.69) is 19.2 Å². The van der Waals surface area contributed by atoms with Crippen molar-refractivity contribution in [3.63, 3.8) is 0 Å². The van der Waals surface area contributed by atoms with Gasteiger partial charge in [-0.15, -0.1) is 0 Å². The molecule has 0 rings (SSSR count). The second-order valence-electron chi connectivity index (χ2n) is 4.74. The van der Waals surface area contributed by atoms with Crippen molar-refractivity contribution < 1.29 is 4.79 Å². The van der Waals surface area contributed by atoms with Gasteiger partial charge in [-0.1, -0.05) is 20.8 Å². The molecule has 0 aliphatic rings. The Morgan fingerprint density at radius 2 is 1.77 bits per heavy atom. The largest absolute Gasteiger partial charge is 0.386 e. The Balaban J connectivity index is 4.32. The number of carbonyl (C=O) groups excluding carboxylic acids is 1. The number of hydrogen-bond donors (Lipinski definition) is 1. The lowest BCUT2D eigenvalue weighted by atomic mass is 9.90. The van der Waals surface area contributed by atoms with Crippen molar-refractivity contribution in [1.29, 1.82) is 0 Å². The molecule has 0 unspecified atom stereocenters. The number of carbonyl (C=O) groups is 1. The van der Waals surface area contributed by atoms with Crippen LogP contribution in [0.2, 0.25) is 0 Å². The van der Waals surface area contributed by atoms with Crippen molar-refractivity contribution in [1.82, 2.24) is 5.32 Å². The Bertz CT molecular complexity index is 209. The summed E-state index contributed by atoms with van der Waals surface area (Å²) in [6.45, 7) is 11.8. The minimum atomic E-state index is -0.278. The summed E-state index contributed by atoms with van der Waals surface area (Å²) in [4.78, 5) is 11.5. The molecular formula is C11H21NO. The van der Waals surface area contributed by atoms with Crippen LogP contribution in [-0.4, -0.2) is 11.8 Å². The summed E-state index contributed by atoms with van der Waals surface area (Å²) >= 11 is 0. The van der Waals surface area contributed by atoms with E-state index in [-0.39, 0.29) is 11.2 Å². The summed E-state index contributed by atoms with van der Waals surface area (Å²) in [6, 6.07) is 0.379. The number of nitrogens with one attached hydrogen (secondary N) is 1. The van der Waals surface area contributed by atoms with Crippen molar-refractivity contribution in [2.75, 3.05) is 0 Å². The zero-order chi connectivity index (χ0) is 10.6. The molecule has 1 N–H and O–H groups in total. The van der Waals surface area contributed by atoms with Crippen LogP contribution in [0.15, 0.2) is 11.8 Å². The average molecular weight is 183 g/mol. The van der Waals surface area contributed by atoms with Crippen LogP contribution in [0.1, 0.15) is 41.5 Å². The van der Waals surface area contributed by atoms with Crippen LogP contribution in [0.3, 0.4) is 0 Å². The van der Waals surface area contributed by atoms with Crippen LogP contribution < -0.4 is 5.32 Å². The second-order valence-corrected chi connectivity index (χ2v) is 4.74. The van der Waals surface area contributed by atoms with E-state index in [1.54, 1.807) is 6.08 Å². The predicted octanol–water partition coefficient (Wildman–Crippen LogP) is 2.50. The zero-order valence-electron chi connectivity index (χ0n) is 9.56. The first kappa shape index (κ1) is 12.2. The van der Waals surface area contributed by atoms with Crippen LogP contribution in [0.4, 0.5) is 0 Å². The Morgan fingerprint density at radius 3 is 2.08 bits per heavy atom. The molecule has 0 aromatic rings. The third-order valence-electron chi connectivity index (χ3n) is 1.60. The van der Waals surface area contributed by atoms with Crippen LogP contribution in [0.5, 0.6) is 0 Å². The van der Waals surface area contributed by atoms with E-state index < -0.39 is 0 Å². The molecule has 0 saturated carbocycles. The van der Waals surface area contributed by atoms with Crippen LogP contribution >= 0.6 is 0 Å². The minimum Gasteiger partial charge on any atom is -0.386 e. The molecule has 0 heterocycles. The quantitative estimate of drug-likeness (QED) is 0.681. The highest BCUT2D eigenvalue weighted by Gasteiger charge is 2.18. The molecule has 0 radical (unpaired) electrons. The van der Waals surface area contributed by atoms with Gasteiger partial charge in [0.2, 0.25) is 0 Å². The summed E-state index contributed by atoms with van der Waals surface area (Å²) in [5.41, 5.74) is 0.662. The minimum absolute atomic E-state index is 0.165. The molecule has 0 atom stereocenters. The van der Waals surface area contributed by atoms with E-state index in [0.29, 0.717) is 6.04 Å². The molecule has 76 valence electrons. The Kier molecular flexibility index (Phi) is 4.18. The maximum atomic E-state index is 11.5. The van der Waals surface area contributed by atoms with Gasteiger partial charge in [-0.3, -0.25) is 4.79 Å². The van der Waals surface area contributed by atoms with Gasteiger partial charge in [0.15, 0.2) is 5.78 Å². The van der Waals surface area contributed by atoms with Gasteiger partial charge in [-0.25, -0.2) is 0 Å². The lowest BCUT2D eigenvalue weighted by Crippen LogP contribution is -2.24. The van der Waals surface area contributed by atoms with E-state index in [9.17, 15) is 4.79 Å². The fraction of sp³-hybridized carbons (Fsp3) is 0.727. The third kappa shape index (κ3) is 5.45. The van der Waals surface area contributed by atoms with Crippen molar-refractivity contribution >= 4 is 5.78 Å². The first-order chi connectivity index (χ1) is 5.73. The topological polar surface area (TPSA) is 29.1 Å². The highest BCUT2D eigenvalue weighted by Crippen LogP contribution is 2.15. The summed E-state index contributed by atoms with van der Waals surface area (Å²) in [5, 5.41) is 3.19. The fourth-order valence-corrected chi connectivity index (χ4v) is 0.910. The number of ketones is 1. The molecule has 0 aliphatic carbocycles. The molecule has 2 heteroatoms. The van der Waals surface area contributed by atoms with Gasteiger partial charge >= 0.3 is 0 Å². The first-order valence-electron chi connectivity index (χ1n) is 4.72. The average Bonchev–Trinajstić information content (AvgIpc) is 1.82. The van der Waals surface area contributed by atoms with E-state index >= 15 is 0 Å². The summed E-state index contributed by atoms with van der Waals surface area (Å²) in [5.74, 6) is 0.165. The van der Waals surface area contributed by atoms with Gasteiger partial charge in [0.1, 0.15) is 0 Å². The molecule has 0 saturated heterocycles. The van der Waals surface area contributed by atoms with E-state index in [0.717, 1.165) is 5.70 Å². The van der Waals surface area contributed by atoms with Crippen LogP contribution in [0, 0.1) is 5.41 Å². The predicted molar refractivity (Wildman–Crippen MR) is 56.5 cm³/mol. The molecule has 0 fully saturated rings. The van der Waals surface area contributed by atoms with Crippen molar-refractivity contribution in [2.24, 2.45) is 5.41 Å². The Morgan fingerprint density at radius 1 is 1.31 bits per heavy atom. The second kappa shape index (κ2) is 4.45. The fourth-order valence-electron chi connectivity index (χ4n) is 0.910. The Hall–Kier alpha value is -0.790. The molecule has 0 amide bonds. The SMILES string of the molecule is C/C(=C/C(=O)C(C)(C)C)NC(C)C. The highest BCUT2D eigenvalue weighted by atomic mass is 16.1. The highest BCUT2D eigenvalue weighted by molar-refractivity contribution is 5.94. The van der Waals surface area contributed by atoms with Crippen molar-refractivity contribution in [3.05, 3.63) is 11.8 Å². The van der Waals surface area contributed by atoms with E-state index in [1.165, 1.54) is 0 Å². The van der Waals surface area contributed by atoms with Gasteiger partial charge in [-0.05, 0) is 20.8 Å². The monoisotopic (exact) mass is 183 g/mol. The molecule has 2 nitrogen and oxygen atoms in total. The maximum Gasteiger partial charge on any atom is 0.162 e. The van der Waals surface area contributed by atoms with Crippen molar-refractivity contribution in [2.45, 2.75) is 47.6 Å². The number of hydrogen-bond acceptors (Lipinski definition) is 2. The molecule has 0 bridgehead atoms. The lowest BCUT2D eigenvalue weighted by molar-refractivity contribution is -0.121. The van der Waals surface area contributed by atoms with Gasteiger partial charge in [-0.2, -0.15) is 0 Å². The molecular weight excluding hydrogens is 162 g/mol. The van der Waals surface area contributed by atoms with Crippen molar-refractivity contribution in [3.8, 4) is 0 Å². The van der Waals surface area contributed by atoms with E-state index in [4.69, 9.17) is 0 Å². The van der Waals surface area contributed by atoms with Gasteiger partial charge in [0, 0.05) is 23.2 Å². The maximum absolute atomic E-state index is 11.5. The van der Waals surface area contributed by atoms with Crippen LogP contribution in [0.25, 0.3) is 0 Å². The molecule has 13 heavy (non-hydrogen) atoms. The van der Waals surface area contributed by atoms with E-state index in [1.807, 2.05) is 27.7 Å². The lowest BCUT2D eigenvalue weighted by Gasteiger charge is -2.15. The Labute approximate surface area is 81.4 Å².